The monoisotopic (exact) mass is 493 g/mol. The summed E-state index contributed by atoms with van der Waals surface area (Å²) in [5.41, 5.74) is 1.89. The van der Waals surface area contributed by atoms with Gasteiger partial charge in [-0.3, -0.25) is 14.3 Å². The van der Waals surface area contributed by atoms with Crippen molar-refractivity contribution in [2.45, 2.75) is 40.0 Å². The number of fused-ring (bicyclic) bond motifs is 1. The molecule has 1 fully saturated rings. The minimum Gasteiger partial charge on any atom is -0.466 e. The maximum Gasteiger partial charge on any atom is 0.309 e. The Hall–Kier alpha value is -2.66. The Balaban J connectivity index is 1.99. The molecular formula is C23H35N5O5S. The zero-order valence-corrected chi connectivity index (χ0v) is 21.6. The number of rotatable bonds is 8. The summed E-state index contributed by atoms with van der Waals surface area (Å²) in [5, 5.41) is 0. The van der Waals surface area contributed by atoms with Crippen LogP contribution in [0.3, 0.4) is 0 Å². The summed E-state index contributed by atoms with van der Waals surface area (Å²) >= 11 is 0. The van der Waals surface area contributed by atoms with Crippen molar-refractivity contribution >= 4 is 38.8 Å². The van der Waals surface area contributed by atoms with Crippen LogP contribution in [-0.4, -0.2) is 72.8 Å². The van der Waals surface area contributed by atoms with Crippen molar-refractivity contribution < 1.29 is 22.7 Å². The van der Waals surface area contributed by atoms with E-state index in [0.29, 0.717) is 55.1 Å². The summed E-state index contributed by atoms with van der Waals surface area (Å²) < 4.78 is 35.5. The number of anilines is 1. The summed E-state index contributed by atoms with van der Waals surface area (Å²) in [7, 11) is 0.981. The number of carbonyl (C=O) groups is 2. The highest BCUT2D eigenvalue weighted by Crippen LogP contribution is 2.29. The lowest BCUT2D eigenvalue weighted by Crippen LogP contribution is -2.40. The molecule has 0 unspecified atom stereocenters. The van der Waals surface area contributed by atoms with Crippen LogP contribution in [0.25, 0.3) is 11.0 Å². The normalized spacial score (nSPS) is 15.4. The van der Waals surface area contributed by atoms with Crippen LogP contribution in [0.1, 0.15) is 49.8 Å². The number of esters is 1. The van der Waals surface area contributed by atoms with E-state index in [9.17, 15) is 18.0 Å². The van der Waals surface area contributed by atoms with Gasteiger partial charge in [0.2, 0.25) is 0 Å². The number of benzene rings is 1. The molecule has 0 radical (unpaired) electrons. The Morgan fingerprint density at radius 1 is 1.24 bits per heavy atom. The molecule has 1 aromatic heterocycles. The van der Waals surface area contributed by atoms with Crippen LogP contribution in [0.5, 0.6) is 0 Å². The van der Waals surface area contributed by atoms with Crippen molar-refractivity contribution in [1.29, 1.82) is 0 Å². The van der Waals surface area contributed by atoms with Crippen LogP contribution in [0.4, 0.5) is 5.69 Å². The van der Waals surface area contributed by atoms with Gasteiger partial charge in [-0.25, -0.2) is 4.98 Å². The second-order valence-electron chi connectivity index (χ2n) is 9.28. The van der Waals surface area contributed by atoms with Gasteiger partial charge < -0.3 is 14.2 Å². The lowest BCUT2D eigenvalue weighted by atomic mass is 9.96. The number of ether oxygens (including phenoxy) is 1. The van der Waals surface area contributed by atoms with Crippen LogP contribution in [0.2, 0.25) is 0 Å². The first kappa shape index (κ1) is 26.0. The number of aromatic nitrogens is 2. The third kappa shape index (κ3) is 5.52. The van der Waals surface area contributed by atoms with E-state index >= 15 is 0 Å². The number of amides is 1. The molecule has 2 aromatic rings. The zero-order chi connectivity index (χ0) is 25.2. The van der Waals surface area contributed by atoms with Crippen LogP contribution in [0.15, 0.2) is 12.1 Å². The van der Waals surface area contributed by atoms with Gasteiger partial charge in [0, 0.05) is 40.7 Å². The van der Waals surface area contributed by atoms with E-state index < -0.39 is 10.2 Å². The number of imidazole rings is 1. The molecule has 2 heterocycles. The fraction of sp³-hybridized carbons (Fsp3) is 0.609. The Morgan fingerprint density at radius 3 is 2.44 bits per heavy atom. The largest absolute Gasteiger partial charge is 0.466 e. The molecule has 0 atom stereocenters. The minimum absolute atomic E-state index is 0.211. The Labute approximate surface area is 201 Å². The van der Waals surface area contributed by atoms with Gasteiger partial charge in [-0.2, -0.15) is 12.7 Å². The van der Waals surface area contributed by atoms with E-state index in [-0.39, 0.29) is 23.5 Å². The van der Waals surface area contributed by atoms with E-state index in [1.54, 1.807) is 24.0 Å². The third-order valence-electron chi connectivity index (χ3n) is 6.01. The van der Waals surface area contributed by atoms with Crippen LogP contribution < -0.4 is 4.72 Å². The fourth-order valence-corrected chi connectivity index (χ4v) is 4.76. The molecular weight excluding hydrogens is 458 g/mol. The fourth-order valence-electron chi connectivity index (χ4n) is 4.16. The number of piperidine rings is 1. The summed E-state index contributed by atoms with van der Waals surface area (Å²) in [6.45, 7) is 7.15. The molecule has 1 aliphatic heterocycles. The van der Waals surface area contributed by atoms with Gasteiger partial charge in [0.05, 0.1) is 34.8 Å². The molecule has 0 bridgehead atoms. The maximum atomic E-state index is 13.6. The lowest BCUT2D eigenvalue weighted by Gasteiger charge is -2.31. The Kier molecular flexibility index (Phi) is 7.87. The van der Waals surface area contributed by atoms with E-state index in [0.717, 1.165) is 16.6 Å². The molecule has 34 heavy (non-hydrogen) atoms. The number of nitrogens with zero attached hydrogens (tertiary/aromatic N) is 4. The third-order valence-corrected chi connectivity index (χ3v) is 7.47. The molecule has 3 rings (SSSR count). The number of aryl methyl sites for hydroxylation is 1. The smallest absolute Gasteiger partial charge is 0.309 e. The van der Waals surface area contributed by atoms with Gasteiger partial charge in [-0.15, -0.1) is 0 Å². The molecule has 11 heteroatoms. The van der Waals surface area contributed by atoms with Gasteiger partial charge in [0.15, 0.2) is 0 Å². The molecule has 10 nitrogen and oxygen atoms in total. The molecule has 188 valence electrons. The number of carbonyl (C=O) groups excluding carboxylic acids is 2. The standard InChI is InChI=1S/C23H35N5O5S/c1-7-33-23(30)16-8-10-28(11-9-16)22(29)18-13-17(25-34(31,32)26(4)5)14-19-21(18)27(6)20(24-19)12-15(2)3/h13-16,25H,7-12H2,1-6H3. The number of hydrogen-bond donors (Lipinski definition) is 1. The molecule has 0 aliphatic carbocycles. The molecule has 1 aromatic carbocycles. The number of likely N-dealkylation sites (tertiary alicyclic amines) is 1. The second-order valence-corrected chi connectivity index (χ2v) is 11.2. The first-order valence-corrected chi connectivity index (χ1v) is 13.0. The molecule has 1 saturated heterocycles. The molecule has 0 saturated carbocycles. The van der Waals surface area contributed by atoms with Crippen molar-refractivity contribution in [3.8, 4) is 0 Å². The average Bonchev–Trinajstić information content (AvgIpc) is 3.07. The van der Waals surface area contributed by atoms with Crippen molar-refractivity contribution in [3.05, 3.63) is 23.5 Å². The predicted molar refractivity (Wildman–Crippen MR) is 131 cm³/mol. The maximum absolute atomic E-state index is 13.6. The summed E-state index contributed by atoms with van der Waals surface area (Å²) in [6.07, 6.45) is 1.79. The van der Waals surface area contributed by atoms with Crippen molar-refractivity contribution in [3.63, 3.8) is 0 Å². The van der Waals surface area contributed by atoms with Crippen molar-refractivity contribution in [2.75, 3.05) is 38.5 Å². The van der Waals surface area contributed by atoms with Gasteiger partial charge in [-0.1, -0.05) is 13.8 Å². The highest BCUT2D eigenvalue weighted by atomic mass is 32.2. The van der Waals surface area contributed by atoms with Crippen LogP contribution in [0, 0.1) is 11.8 Å². The molecule has 1 aliphatic rings. The summed E-state index contributed by atoms with van der Waals surface area (Å²) in [6, 6.07) is 3.23. The van der Waals surface area contributed by atoms with E-state index in [1.807, 2.05) is 11.6 Å². The topological polar surface area (TPSA) is 114 Å². The molecule has 0 spiro atoms. The SMILES string of the molecule is CCOC(=O)C1CCN(C(=O)c2cc(NS(=O)(=O)N(C)C)cc3nc(CC(C)C)n(C)c23)CC1. The predicted octanol–water partition coefficient (Wildman–Crippen LogP) is 2.41. The van der Waals surface area contributed by atoms with Crippen LogP contribution in [-0.2, 0) is 33.2 Å². The van der Waals surface area contributed by atoms with E-state index in [4.69, 9.17) is 9.72 Å². The quantitative estimate of drug-likeness (QED) is 0.565. The number of hydrogen-bond acceptors (Lipinski definition) is 6. The summed E-state index contributed by atoms with van der Waals surface area (Å²) in [4.78, 5) is 32.1. The highest BCUT2D eigenvalue weighted by molar-refractivity contribution is 7.90. The van der Waals surface area contributed by atoms with Gasteiger partial charge in [0.25, 0.3) is 5.91 Å². The van der Waals surface area contributed by atoms with Crippen LogP contribution >= 0.6 is 0 Å². The molecule has 1 amide bonds. The zero-order valence-electron chi connectivity index (χ0n) is 20.8. The Morgan fingerprint density at radius 2 is 1.88 bits per heavy atom. The first-order valence-electron chi connectivity index (χ1n) is 11.6. The van der Waals surface area contributed by atoms with Crippen molar-refractivity contribution in [1.82, 2.24) is 18.8 Å². The van der Waals surface area contributed by atoms with Gasteiger partial charge >= 0.3 is 16.2 Å². The van der Waals surface area contributed by atoms with Gasteiger partial charge in [0.1, 0.15) is 5.82 Å². The molecule has 1 N–H and O–H groups in total. The first-order chi connectivity index (χ1) is 15.9. The summed E-state index contributed by atoms with van der Waals surface area (Å²) in [5.74, 6) is 0.548. The van der Waals surface area contributed by atoms with E-state index in [2.05, 4.69) is 18.6 Å². The lowest BCUT2D eigenvalue weighted by molar-refractivity contribution is -0.149. The average molecular weight is 494 g/mol. The number of nitrogens with one attached hydrogen (secondary N) is 1. The Bertz CT molecular complexity index is 1160. The highest BCUT2D eigenvalue weighted by Gasteiger charge is 2.30. The minimum atomic E-state index is -3.76. The van der Waals surface area contributed by atoms with Gasteiger partial charge in [-0.05, 0) is 37.8 Å². The second kappa shape index (κ2) is 10.3. The van der Waals surface area contributed by atoms with E-state index in [1.165, 1.54) is 14.1 Å². The van der Waals surface area contributed by atoms with Crippen molar-refractivity contribution in [2.24, 2.45) is 18.9 Å².